The van der Waals surface area contributed by atoms with E-state index >= 15 is 0 Å². The summed E-state index contributed by atoms with van der Waals surface area (Å²) in [6.45, 7) is 3.02. The van der Waals surface area contributed by atoms with Crippen LogP contribution in [0.5, 0.6) is 0 Å². The zero-order valence-corrected chi connectivity index (χ0v) is 14.0. The Labute approximate surface area is 145 Å². The molecule has 0 heterocycles. The predicted octanol–water partition coefficient (Wildman–Crippen LogP) is 3.82. The number of nitrogens with one attached hydrogen (secondary N) is 2. The molecule has 0 atom stereocenters. The van der Waals surface area contributed by atoms with E-state index in [1.165, 1.54) is 13.8 Å². The maximum atomic E-state index is 12.5. The molecular weight excluding hydrogens is 326 g/mol. The fraction of sp³-hybridized carbons (Fsp3) is 0.167. The molecule has 0 aliphatic heterocycles. The smallest absolute Gasteiger partial charge is 0.239 e. The standard InChI is InChI=1S/C18H16ClN3O2/c1-18(2,16(23)21-14-8-5-7-13(19)10-14)17(24)22-15-9-4-3-6-12(15)11-20/h3-10H,1-2H3,(H,21,23)(H,22,24). The van der Waals surface area contributed by atoms with Gasteiger partial charge in [0, 0.05) is 10.7 Å². The molecule has 2 aromatic carbocycles. The highest BCUT2D eigenvalue weighted by atomic mass is 35.5. The average molecular weight is 342 g/mol. The molecule has 2 N–H and O–H groups in total. The van der Waals surface area contributed by atoms with Gasteiger partial charge in [-0.25, -0.2) is 0 Å². The number of carbonyl (C=O) groups is 2. The highest BCUT2D eigenvalue weighted by Crippen LogP contribution is 2.24. The van der Waals surface area contributed by atoms with Crippen LogP contribution < -0.4 is 10.6 Å². The number of rotatable bonds is 4. The number of halogens is 1. The van der Waals surface area contributed by atoms with Crippen molar-refractivity contribution in [2.45, 2.75) is 13.8 Å². The first-order chi connectivity index (χ1) is 11.3. The lowest BCUT2D eigenvalue weighted by atomic mass is 9.90. The fourth-order valence-corrected chi connectivity index (χ4v) is 2.12. The van der Waals surface area contributed by atoms with Crippen LogP contribution >= 0.6 is 11.6 Å². The molecule has 24 heavy (non-hydrogen) atoms. The number of para-hydroxylation sites is 1. The normalized spacial score (nSPS) is 10.6. The molecule has 122 valence electrons. The molecule has 0 unspecified atom stereocenters. The van der Waals surface area contributed by atoms with E-state index in [2.05, 4.69) is 10.6 Å². The minimum Gasteiger partial charge on any atom is -0.325 e. The Balaban J connectivity index is 2.15. The first-order valence-electron chi connectivity index (χ1n) is 7.22. The average Bonchev–Trinajstić information content (AvgIpc) is 2.55. The van der Waals surface area contributed by atoms with Crippen LogP contribution in [-0.2, 0) is 9.59 Å². The quantitative estimate of drug-likeness (QED) is 0.829. The molecule has 0 aliphatic rings. The van der Waals surface area contributed by atoms with Gasteiger partial charge in [-0.1, -0.05) is 29.8 Å². The van der Waals surface area contributed by atoms with Crippen molar-refractivity contribution in [1.29, 1.82) is 5.26 Å². The molecule has 0 saturated carbocycles. The van der Waals surface area contributed by atoms with Gasteiger partial charge in [-0.3, -0.25) is 9.59 Å². The summed E-state index contributed by atoms with van der Waals surface area (Å²) >= 11 is 5.88. The number of amides is 2. The summed E-state index contributed by atoms with van der Waals surface area (Å²) in [6, 6.07) is 15.3. The van der Waals surface area contributed by atoms with Crippen molar-refractivity contribution in [1.82, 2.24) is 0 Å². The van der Waals surface area contributed by atoms with Crippen molar-refractivity contribution in [3.63, 3.8) is 0 Å². The Kier molecular flexibility index (Phi) is 5.22. The minimum absolute atomic E-state index is 0.330. The van der Waals surface area contributed by atoms with E-state index in [9.17, 15) is 9.59 Å². The summed E-state index contributed by atoms with van der Waals surface area (Å²) in [4.78, 5) is 24.9. The molecule has 0 aromatic heterocycles. The van der Waals surface area contributed by atoms with Crippen molar-refractivity contribution < 1.29 is 9.59 Å². The van der Waals surface area contributed by atoms with E-state index in [1.54, 1.807) is 48.5 Å². The molecule has 6 heteroatoms. The molecule has 0 radical (unpaired) electrons. The van der Waals surface area contributed by atoms with Gasteiger partial charge in [-0.2, -0.15) is 5.26 Å². The molecule has 0 aliphatic carbocycles. The van der Waals surface area contributed by atoms with Crippen LogP contribution in [0.15, 0.2) is 48.5 Å². The number of hydrogen-bond acceptors (Lipinski definition) is 3. The van der Waals surface area contributed by atoms with Crippen LogP contribution in [0.25, 0.3) is 0 Å². The molecule has 5 nitrogen and oxygen atoms in total. The van der Waals surface area contributed by atoms with Crippen LogP contribution in [0, 0.1) is 16.7 Å². The number of anilines is 2. The van der Waals surface area contributed by atoms with Gasteiger partial charge in [0.15, 0.2) is 0 Å². The molecular formula is C18H16ClN3O2. The summed E-state index contributed by atoms with van der Waals surface area (Å²) in [7, 11) is 0. The van der Waals surface area contributed by atoms with Gasteiger partial charge in [-0.05, 0) is 44.2 Å². The van der Waals surface area contributed by atoms with E-state index in [1.807, 2.05) is 6.07 Å². The van der Waals surface area contributed by atoms with Gasteiger partial charge in [0.05, 0.1) is 11.3 Å². The van der Waals surface area contributed by atoms with Crippen molar-refractivity contribution >= 4 is 34.8 Å². The van der Waals surface area contributed by atoms with Crippen LogP contribution in [0.2, 0.25) is 5.02 Å². The zero-order valence-electron chi connectivity index (χ0n) is 13.3. The molecule has 2 rings (SSSR count). The third kappa shape index (κ3) is 3.92. The maximum Gasteiger partial charge on any atom is 0.239 e. The van der Waals surface area contributed by atoms with Crippen LogP contribution in [-0.4, -0.2) is 11.8 Å². The van der Waals surface area contributed by atoms with Crippen LogP contribution in [0.4, 0.5) is 11.4 Å². The highest BCUT2D eigenvalue weighted by Gasteiger charge is 2.36. The second kappa shape index (κ2) is 7.16. The SMILES string of the molecule is CC(C)(C(=O)Nc1cccc(Cl)c1)C(=O)Nc1ccccc1C#N. The lowest BCUT2D eigenvalue weighted by Gasteiger charge is -2.23. The monoisotopic (exact) mass is 341 g/mol. The second-order valence-electron chi connectivity index (χ2n) is 5.70. The Hall–Kier alpha value is -2.84. The molecule has 0 bridgehead atoms. The molecule has 2 amide bonds. The molecule has 0 fully saturated rings. The third-order valence-electron chi connectivity index (χ3n) is 3.51. The first kappa shape index (κ1) is 17.5. The highest BCUT2D eigenvalue weighted by molar-refractivity contribution is 6.31. The summed E-state index contributed by atoms with van der Waals surface area (Å²) in [6.07, 6.45) is 0. The van der Waals surface area contributed by atoms with E-state index < -0.39 is 17.2 Å². The lowest BCUT2D eigenvalue weighted by Crippen LogP contribution is -2.41. The summed E-state index contributed by atoms with van der Waals surface area (Å²) < 4.78 is 0. The zero-order chi connectivity index (χ0) is 17.7. The van der Waals surface area contributed by atoms with Gasteiger partial charge >= 0.3 is 0 Å². The first-order valence-corrected chi connectivity index (χ1v) is 7.60. The third-order valence-corrected chi connectivity index (χ3v) is 3.75. The number of carbonyl (C=O) groups excluding carboxylic acids is 2. The Morgan fingerprint density at radius 1 is 1.04 bits per heavy atom. The summed E-state index contributed by atoms with van der Waals surface area (Å²) in [5.74, 6) is -0.985. The Morgan fingerprint density at radius 2 is 1.71 bits per heavy atom. The van der Waals surface area contributed by atoms with Gasteiger partial charge in [0.1, 0.15) is 11.5 Å². The van der Waals surface area contributed by atoms with E-state index in [0.29, 0.717) is 22.0 Å². The fourth-order valence-electron chi connectivity index (χ4n) is 1.92. The predicted molar refractivity (Wildman–Crippen MR) is 93.6 cm³/mol. The van der Waals surface area contributed by atoms with Crippen molar-refractivity contribution in [3.05, 3.63) is 59.1 Å². The number of nitrogens with zero attached hydrogens (tertiary/aromatic N) is 1. The Bertz CT molecular complexity index is 825. The van der Waals surface area contributed by atoms with Gasteiger partial charge < -0.3 is 10.6 Å². The maximum absolute atomic E-state index is 12.5. The van der Waals surface area contributed by atoms with Crippen molar-refractivity contribution in [2.75, 3.05) is 10.6 Å². The van der Waals surface area contributed by atoms with Crippen molar-refractivity contribution in [2.24, 2.45) is 5.41 Å². The van der Waals surface area contributed by atoms with E-state index in [4.69, 9.17) is 16.9 Å². The van der Waals surface area contributed by atoms with Crippen LogP contribution in [0.3, 0.4) is 0 Å². The van der Waals surface area contributed by atoms with Crippen LogP contribution in [0.1, 0.15) is 19.4 Å². The minimum atomic E-state index is -1.34. The number of hydrogen-bond donors (Lipinski definition) is 2. The Morgan fingerprint density at radius 3 is 2.38 bits per heavy atom. The lowest BCUT2D eigenvalue weighted by molar-refractivity contribution is -0.135. The second-order valence-corrected chi connectivity index (χ2v) is 6.14. The molecule has 0 saturated heterocycles. The van der Waals surface area contributed by atoms with Gasteiger partial charge in [0.2, 0.25) is 11.8 Å². The van der Waals surface area contributed by atoms with Gasteiger partial charge in [-0.15, -0.1) is 0 Å². The van der Waals surface area contributed by atoms with Gasteiger partial charge in [0.25, 0.3) is 0 Å². The topological polar surface area (TPSA) is 82.0 Å². The largest absolute Gasteiger partial charge is 0.325 e. The van der Waals surface area contributed by atoms with E-state index in [0.717, 1.165) is 0 Å². The summed E-state index contributed by atoms with van der Waals surface area (Å²) in [5, 5.41) is 14.9. The van der Waals surface area contributed by atoms with E-state index in [-0.39, 0.29) is 0 Å². The molecule has 2 aromatic rings. The number of benzene rings is 2. The summed E-state index contributed by atoms with van der Waals surface area (Å²) in [5.41, 5.74) is -0.137. The van der Waals surface area contributed by atoms with Crippen molar-refractivity contribution in [3.8, 4) is 6.07 Å². The molecule has 0 spiro atoms. The number of nitriles is 1.